The molecule has 0 bridgehead atoms. The molecule has 0 atom stereocenters. The molecule has 9 heteroatoms. The second-order valence-corrected chi connectivity index (χ2v) is 7.19. The minimum Gasteiger partial charge on any atom is -0.444 e. The monoisotopic (exact) mass is 402 g/mol. The summed E-state index contributed by atoms with van der Waals surface area (Å²) in [6, 6.07) is 8.72. The first-order valence-electron chi connectivity index (χ1n) is 8.92. The number of carbonyl (C=O) groups excluding carboxylic acids is 3. The second-order valence-electron chi connectivity index (χ2n) is 7.19. The number of amides is 3. The van der Waals surface area contributed by atoms with E-state index >= 15 is 0 Å². The van der Waals surface area contributed by atoms with Crippen LogP contribution in [0, 0.1) is 5.82 Å². The lowest BCUT2D eigenvalue weighted by molar-refractivity contribution is -0.121. The highest BCUT2D eigenvalue weighted by Crippen LogP contribution is 2.11. The van der Waals surface area contributed by atoms with Crippen LogP contribution in [-0.2, 0) is 16.0 Å². The van der Waals surface area contributed by atoms with E-state index in [1.165, 1.54) is 30.5 Å². The largest absolute Gasteiger partial charge is 0.444 e. The van der Waals surface area contributed by atoms with Gasteiger partial charge in [0.1, 0.15) is 17.2 Å². The Morgan fingerprint density at radius 1 is 1.10 bits per heavy atom. The van der Waals surface area contributed by atoms with Crippen molar-refractivity contribution in [1.29, 1.82) is 0 Å². The smallest absolute Gasteiger partial charge is 0.413 e. The molecule has 1 aromatic heterocycles. The number of halogens is 1. The predicted molar refractivity (Wildman–Crippen MR) is 104 cm³/mol. The van der Waals surface area contributed by atoms with Crippen molar-refractivity contribution in [3.8, 4) is 0 Å². The summed E-state index contributed by atoms with van der Waals surface area (Å²) < 4.78 is 18.2. The van der Waals surface area contributed by atoms with Crippen LogP contribution in [0.25, 0.3) is 0 Å². The predicted octanol–water partition coefficient (Wildman–Crippen LogP) is 2.96. The third-order valence-electron chi connectivity index (χ3n) is 3.50. The van der Waals surface area contributed by atoms with Gasteiger partial charge in [-0.05, 0) is 57.0 Å². The van der Waals surface area contributed by atoms with Crippen LogP contribution in [0.4, 0.5) is 15.0 Å². The molecule has 0 aliphatic heterocycles. The summed E-state index contributed by atoms with van der Waals surface area (Å²) in [7, 11) is 0. The van der Waals surface area contributed by atoms with E-state index in [2.05, 4.69) is 21.2 Å². The number of rotatable bonds is 5. The zero-order valence-electron chi connectivity index (χ0n) is 16.4. The summed E-state index contributed by atoms with van der Waals surface area (Å²) in [5.74, 6) is -1.25. The van der Waals surface area contributed by atoms with Crippen molar-refractivity contribution in [2.45, 2.75) is 39.2 Å². The van der Waals surface area contributed by atoms with Gasteiger partial charge in [-0.1, -0.05) is 12.1 Å². The minimum atomic E-state index is -0.701. The topological polar surface area (TPSA) is 109 Å². The van der Waals surface area contributed by atoms with Crippen LogP contribution in [0.1, 0.15) is 43.1 Å². The number of ether oxygens (including phenoxy) is 1. The number of nitrogens with one attached hydrogen (secondary N) is 3. The van der Waals surface area contributed by atoms with Gasteiger partial charge in [0.2, 0.25) is 5.91 Å². The molecular weight excluding hydrogens is 379 g/mol. The third kappa shape index (κ3) is 7.96. The molecular formula is C20H23FN4O4. The molecule has 3 N–H and O–H groups in total. The zero-order valence-corrected chi connectivity index (χ0v) is 16.4. The molecule has 0 aliphatic carbocycles. The average molecular weight is 402 g/mol. The van der Waals surface area contributed by atoms with Gasteiger partial charge in [-0.25, -0.2) is 14.2 Å². The molecule has 0 unspecified atom stereocenters. The summed E-state index contributed by atoms with van der Waals surface area (Å²) in [6.45, 7) is 5.17. The summed E-state index contributed by atoms with van der Waals surface area (Å²) in [4.78, 5) is 39.8. The maximum atomic E-state index is 13.1. The van der Waals surface area contributed by atoms with Crippen molar-refractivity contribution in [2.75, 3.05) is 5.32 Å². The van der Waals surface area contributed by atoms with Crippen molar-refractivity contribution in [2.24, 2.45) is 0 Å². The molecule has 0 radical (unpaired) electrons. The van der Waals surface area contributed by atoms with Gasteiger partial charge < -0.3 is 4.74 Å². The fourth-order valence-electron chi connectivity index (χ4n) is 2.26. The van der Waals surface area contributed by atoms with Crippen LogP contribution in [-0.4, -0.2) is 28.5 Å². The number of hydrazine groups is 1. The third-order valence-corrected chi connectivity index (χ3v) is 3.50. The van der Waals surface area contributed by atoms with Crippen LogP contribution < -0.4 is 16.2 Å². The quantitative estimate of drug-likeness (QED) is 0.666. The van der Waals surface area contributed by atoms with Crippen LogP contribution >= 0.6 is 0 Å². The molecule has 0 fully saturated rings. The Hall–Kier alpha value is -3.49. The summed E-state index contributed by atoms with van der Waals surface area (Å²) in [5.41, 5.74) is 4.76. The van der Waals surface area contributed by atoms with Gasteiger partial charge in [-0.2, -0.15) is 0 Å². The van der Waals surface area contributed by atoms with E-state index in [0.717, 1.165) is 0 Å². The maximum absolute atomic E-state index is 13.1. The molecule has 0 saturated heterocycles. The van der Waals surface area contributed by atoms with Crippen LogP contribution in [0.2, 0.25) is 0 Å². The van der Waals surface area contributed by atoms with Gasteiger partial charge in [0.25, 0.3) is 5.91 Å². The molecule has 2 rings (SSSR count). The van der Waals surface area contributed by atoms with Gasteiger partial charge >= 0.3 is 6.09 Å². The van der Waals surface area contributed by atoms with Gasteiger partial charge in [-0.15, -0.1) is 0 Å². The van der Waals surface area contributed by atoms with Crippen molar-refractivity contribution in [1.82, 2.24) is 15.8 Å². The van der Waals surface area contributed by atoms with E-state index in [-0.39, 0.29) is 23.6 Å². The van der Waals surface area contributed by atoms with Crippen molar-refractivity contribution in [3.05, 3.63) is 59.5 Å². The van der Waals surface area contributed by atoms with E-state index in [0.29, 0.717) is 12.0 Å². The Bertz CT molecular complexity index is 896. The number of nitrogens with zero attached hydrogens (tertiary/aromatic N) is 1. The molecule has 0 saturated carbocycles. The van der Waals surface area contributed by atoms with E-state index in [9.17, 15) is 18.8 Å². The van der Waals surface area contributed by atoms with E-state index in [1.807, 2.05) is 0 Å². The lowest BCUT2D eigenvalue weighted by Crippen LogP contribution is -2.41. The number of anilines is 1. The Balaban J connectivity index is 1.84. The fourth-order valence-corrected chi connectivity index (χ4v) is 2.26. The Labute approximate surface area is 167 Å². The van der Waals surface area contributed by atoms with Crippen LogP contribution in [0.3, 0.4) is 0 Å². The fraction of sp³-hybridized carbons (Fsp3) is 0.300. The average Bonchev–Trinajstić information content (AvgIpc) is 2.63. The van der Waals surface area contributed by atoms with Gasteiger partial charge in [0.05, 0.1) is 0 Å². The Kier molecular flexibility index (Phi) is 7.24. The Morgan fingerprint density at radius 3 is 2.55 bits per heavy atom. The molecule has 8 nitrogen and oxygen atoms in total. The van der Waals surface area contributed by atoms with Gasteiger partial charge in [0, 0.05) is 18.2 Å². The molecule has 1 aromatic carbocycles. The lowest BCUT2D eigenvalue weighted by Gasteiger charge is -2.19. The molecule has 0 aliphatic rings. The molecule has 154 valence electrons. The van der Waals surface area contributed by atoms with E-state index < -0.39 is 23.5 Å². The number of pyridine rings is 1. The highest BCUT2D eigenvalue weighted by molar-refractivity contribution is 5.96. The molecule has 3 amide bonds. The zero-order chi connectivity index (χ0) is 21.4. The number of carbonyl (C=O) groups is 3. The lowest BCUT2D eigenvalue weighted by atomic mass is 10.1. The Morgan fingerprint density at radius 2 is 1.86 bits per heavy atom. The second kappa shape index (κ2) is 9.63. The SMILES string of the molecule is CC(C)(C)OC(=O)Nc1cc(C(=O)NNC(=O)CCc2cccc(F)c2)ccn1. The normalized spacial score (nSPS) is 10.8. The first-order chi connectivity index (χ1) is 13.6. The van der Waals surface area contributed by atoms with Crippen LogP contribution in [0.5, 0.6) is 0 Å². The summed E-state index contributed by atoms with van der Waals surface area (Å²) in [5, 5.41) is 2.43. The number of hydrogen-bond acceptors (Lipinski definition) is 5. The maximum Gasteiger partial charge on any atom is 0.413 e. The number of aryl methyl sites for hydroxylation is 1. The van der Waals surface area contributed by atoms with Crippen molar-refractivity contribution < 1.29 is 23.5 Å². The highest BCUT2D eigenvalue weighted by atomic mass is 19.1. The number of benzene rings is 1. The molecule has 2 aromatic rings. The van der Waals surface area contributed by atoms with Crippen molar-refractivity contribution in [3.63, 3.8) is 0 Å². The first-order valence-corrected chi connectivity index (χ1v) is 8.92. The summed E-state index contributed by atoms with van der Waals surface area (Å²) >= 11 is 0. The molecule has 1 heterocycles. The number of hydrogen-bond donors (Lipinski definition) is 3. The molecule has 29 heavy (non-hydrogen) atoms. The standard InChI is InChI=1S/C20H23FN4O4/c1-20(2,3)29-19(28)23-16-12-14(9-10-22-16)18(27)25-24-17(26)8-7-13-5-4-6-15(21)11-13/h4-6,9-12H,7-8H2,1-3H3,(H,24,26)(H,25,27)(H,22,23,28). The van der Waals surface area contributed by atoms with Gasteiger partial charge in [-0.3, -0.25) is 25.8 Å². The number of aromatic nitrogens is 1. The van der Waals surface area contributed by atoms with E-state index in [4.69, 9.17) is 4.74 Å². The van der Waals surface area contributed by atoms with Crippen molar-refractivity contribution >= 4 is 23.7 Å². The summed E-state index contributed by atoms with van der Waals surface area (Å²) in [6.07, 6.45) is 1.05. The van der Waals surface area contributed by atoms with Crippen LogP contribution in [0.15, 0.2) is 42.6 Å². The minimum absolute atomic E-state index is 0.0749. The van der Waals surface area contributed by atoms with Gasteiger partial charge in [0.15, 0.2) is 0 Å². The van der Waals surface area contributed by atoms with E-state index in [1.54, 1.807) is 32.9 Å². The first kappa shape index (κ1) is 21.8. The molecule has 0 spiro atoms. The highest BCUT2D eigenvalue weighted by Gasteiger charge is 2.17.